The van der Waals surface area contributed by atoms with Gasteiger partial charge in [0.1, 0.15) is 6.17 Å². The third-order valence-corrected chi connectivity index (χ3v) is 6.84. The van der Waals surface area contributed by atoms with Crippen LogP contribution in [-0.4, -0.2) is 32.6 Å². The molecule has 3 nitrogen and oxygen atoms in total. The highest BCUT2D eigenvalue weighted by Gasteiger charge is 2.34. The number of rotatable bonds is 9. The molecule has 1 aromatic rings. The van der Waals surface area contributed by atoms with Crippen LogP contribution in [0.1, 0.15) is 64.7 Å². The first-order valence-corrected chi connectivity index (χ1v) is 11.4. The second-order valence-corrected chi connectivity index (χ2v) is 8.83. The van der Waals surface area contributed by atoms with Gasteiger partial charge in [-0.05, 0) is 74.8 Å². The van der Waals surface area contributed by atoms with Crippen molar-refractivity contribution in [1.82, 2.24) is 0 Å². The first kappa shape index (κ1) is 23.2. The number of methoxy groups -OCH3 is 1. The standard InChI is InChI=1S/C24H35F3O3/c1-3-4-16-5-10-20(30-15-16)18-8-6-17(7-9-18)19(25)13-14-29-22-12-11-21(28-2)23(26)24(22)27/h11-12,16-20H,3-10,13-15H2,1-2H3. The molecule has 6 heteroatoms. The summed E-state index contributed by atoms with van der Waals surface area (Å²) in [7, 11) is 1.27. The summed E-state index contributed by atoms with van der Waals surface area (Å²) in [4.78, 5) is 0. The molecule has 1 aromatic carbocycles. The third kappa shape index (κ3) is 5.83. The minimum Gasteiger partial charge on any atom is -0.494 e. The Hall–Kier alpha value is -1.43. The summed E-state index contributed by atoms with van der Waals surface area (Å²) in [5, 5.41) is 0. The molecular formula is C24H35F3O3. The van der Waals surface area contributed by atoms with E-state index in [4.69, 9.17) is 14.2 Å². The van der Waals surface area contributed by atoms with Gasteiger partial charge in [0.05, 0.1) is 19.8 Å². The fourth-order valence-electron chi connectivity index (χ4n) is 5.01. The van der Waals surface area contributed by atoms with Crippen molar-refractivity contribution in [2.45, 2.75) is 77.0 Å². The van der Waals surface area contributed by atoms with Crippen LogP contribution in [0.4, 0.5) is 13.2 Å². The fraction of sp³-hybridized carbons (Fsp3) is 0.750. The molecule has 30 heavy (non-hydrogen) atoms. The summed E-state index contributed by atoms with van der Waals surface area (Å²) >= 11 is 0. The summed E-state index contributed by atoms with van der Waals surface area (Å²) in [6.45, 7) is 3.12. The lowest BCUT2D eigenvalue weighted by Gasteiger charge is -2.38. The molecule has 1 saturated carbocycles. The Kier molecular flexibility index (Phi) is 8.72. The summed E-state index contributed by atoms with van der Waals surface area (Å²) in [5.41, 5.74) is 0. The van der Waals surface area contributed by atoms with Gasteiger partial charge in [0.25, 0.3) is 0 Å². The van der Waals surface area contributed by atoms with E-state index in [0.717, 1.165) is 38.7 Å². The van der Waals surface area contributed by atoms with Crippen LogP contribution in [0, 0.1) is 29.4 Å². The largest absolute Gasteiger partial charge is 0.494 e. The van der Waals surface area contributed by atoms with E-state index in [2.05, 4.69) is 6.92 Å². The average molecular weight is 429 g/mol. The Morgan fingerprint density at radius 1 is 1.03 bits per heavy atom. The van der Waals surface area contributed by atoms with Crippen molar-refractivity contribution in [1.29, 1.82) is 0 Å². The van der Waals surface area contributed by atoms with E-state index in [0.29, 0.717) is 17.9 Å². The molecule has 0 N–H and O–H groups in total. The maximum absolute atomic E-state index is 14.7. The molecule has 0 amide bonds. The highest BCUT2D eigenvalue weighted by Crippen LogP contribution is 2.39. The van der Waals surface area contributed by atoms with E-state index in [9.17, 15) is 13.2 Å². The van der Waals surface area contributed by atoms with Crippen molar-refractivity contribution < 1.29 is 27.4 Å². The summed E-state index contributed by atoms with van der Waals surface area (Å²) in [6, 6.07) is 2.62. The molecule has 3 rings (SSSR count). The van der Waals surface area contributed by atoms with Crippen LogP contribution in [0.25, 0.3) is 0 Å². The van der Waals surface area contributed by atoms with E-state index >= 15 is 0 Å². The summed E-state index contributed by atoms with van der Waals surface area (Å²) < 4.78 is 58.5. The molecule has 1 saturated heterocycles. The van der Waals surface area contributed by atoms with Gasteiger partial charge in [0.2, 0.25) is 11.6 Å². The van der Waals surface area contributed by atoms with Crippen LogP contribution in [0.15, 0.2) is 12.1 Å². The minimum absolute atomic E-state index is 0.0127. The van der Waals surface area contributed by atoms with E-state index in [1.165, 1.54) is 38.5 Å². The van der Waals surface area contributed by atoms with Gasteiger partial charge >= 0.3 is 0 Å². The first-order chi connectivity index (χ1) is 14.5. The van der Waals surface area contributed by atoms with Crippen molar-refractivity contribution in [2.75, 3.05) is 20.3 Å². The van der Waals surface area contributed by atoms with Gasteiger partial charge in [0, 0.05) is 13.0 Å². The zero-order chi connectivity index (χ0) is 21.5. The van der Waals surface area contributed by atoms with Crippen LogP contribution in [-0.2, 0) is 4.74 Å². The quantitative estimate of drug-likeness (QED) is 0.450. The van der Waals surface area contributed by atoms with Crippen LogP contribution in [0.5, 0.6) is 11.5 Å². The second-order valence-electron chi connectivity index (χ2n) is 8.83. The SMILES string of the molecule is CCCC1CCC(C2CCC(C(F)CCOc3ccc(OC)c(F)c3F)CC2)OC1. The van der Waals surface area contributed by atoms with E-state index in [1.807, 2.05) is 0 Å². The Morgan fingerprint density at radius 3 is 2.37 bits per heavy atom. The van der Waals surface area contributed by atoms with Crippen molar-refractivity contribution in [2.24, 2.45) is 17.8 Å². The average Bonchev–Trinajstić information content (AvgIpc) is 2.77. The maximum atomic E-state index is 14.7. The number of ether oxygens (including phenoxy) is 3. The van der Waals surface area contributed by atoms with Crippen molar-refractivity contribution >= 4 is 0 Å². The number of halogens is 3. The summed E-state index contributed by atoms with van der Waals surface area (Å²) in [6.07, 6.45) is 8.11. The van der Waals surface area contributed by atoms with Gasteiger partial charge in [-0.3, -0.25) is 0 Å². The molecule has 0 bridgehead atoms. The smallest absolute Gasteiger partial charge is 0.204 e. The lowest BCUT2D eigenvalue weighted by molar-refractivity contribution is -0.0620. The number of hydrogen-bond acceptors (Lipinski definition) is 3. The Bertz CT molecular complexity index is 653. The predicted octanol–water partition coefficient (Wildman–Crippen LogP) is 6.48. The molecule has 0 aromatic heterocycles. The molecule has 3 atom stereocenters. The molecule has 170 valence electrons. The molecule has 1 aliphatic heterocycles. The van der Waals surface area contributed by atoms with Crippen LogP contribution >= 0.6 is 0 Å². The lowest BCUT2D eigenvalue weighted by atomic mass is 9.75. The van der Waals surface area contributed by atoms with E-state index in [1.54, 1.807) is 0 Å². The van der Waals surface area contributed by atoms with Crippen molar-refractivity contribution in [3.05, 3.63) is 23.8 Å². The highest BCUT2D eigenvalue weighted by molar-refractivity contribution is 5.34. The topological polar surface area (TPSA) is 27.7 Å². The van der Waals surface area contributed by atoms with Gasteiger partial charge in [-0.25, -0.2) is 4.39 Å². The molecule has 0 radical (unpaired) electrons. The van der Waals surface area contributed by atoms with Gasteiger partial charge in [0.15, 0.2) is 11.5 Å². The zero-order valence-corrected chi connectivity index (χ0v) is 18.2. The van der Waals surface area contributed by atoms with Gasteiger partial charge < -0.3 is 14.2 Å². The van der Waals surface area contributed by atoms with Gasteiger partial charge in [-0.1, -0.05) is 13.3 Å². The van der Waals surface area contributed by atoms with Gasteiger partial charge in [-0.2, -0.15) is 8.78 Å². The highest BCUT2D eigenvalue weighted by atomic mass is 19.2. The van der Waals surface area contributed by atoms with Gasteiger partial charge in [-0.15, -0.1) is 0 Å². The number of alkyl halides is 1. The molecular weight excluding hydrogens is 393 g/mol. The van der Waals surface area contributed by atoms with Crippen LogP contribution in [0.2, 0.25) is 0 Å². The molecule has 2 fully saturated rings. The third-order valence-electron chi connectivity index (χ3n) is 6.84. The molecule has 1 heterocycles. The Morgan fingerprint density at radius 2 is 1.73 bits per heavy atom. The molecule has 0 spiro atoms. The Labute approximate surface area is 178 Å². The second kappa shape index (κ2) is 11.3. The minimum atomic E-state index is -1.10. The first-order valence-electron chi connectivity index (χ1n) is 11.4. The van der Waals surface area contributed by atoms with Crippen LogP contribution < -0.4 is 9.47 Å². The molecule has 3 unspecified atom stereocenters. The van der Waals surface area contributed by atoms with Crippen LogP contribution in [0.3, 0.4) is 0 Å². The zero-order valence-electron chi connectivity index (χ0n) is 18.2. The monoisotopic (exact) mass is 428 g/mol. The fourth-order valence-corrected chi connectivity index (χ4v) is 5.01. The Balaban J connectivity index is 1.38. The lowest BCUT2D eigenvalue weighted by Crippen LogP contribution is -2.35. The predicted molar refractivity (Wildman–Crippen MR) is 111 cm³/mol. The van der Waals surface area contributed by atoms with E-state index < -0.39 is 17.8 Å². The normalized spacial score (nSPS) is 28.2. The van der Waals surface area contributed by atoms with Crippen molar-refractivity contribution in [3.63, 3.8) is 0 Å². The van der Waals surface area contributed by atoms with Crippen molar-refractivity contribution in [3.8, 4) is 11.5 Å². The number of hydrogen-bond donors (Lipinski definition) is 0. The maximum Gasteiger partial charge on any atom is 0.204 e. The summed E-state index contributed by atoms with van der Waals surface area (Å²) in [5.74, 6) is -1.30. The molecule has 2 aliphatic rings. The van der Waals surface area contributed by atoms with E-state index in [-0.39, 0.29) is 30.4 Å². The molecule has 1 aliphatic carbocycles. The number of benzene rings is 1.